The van der Waals surface area contributed by atoms with Crippen molar-refractivity contribution in [1.82, 2.24) is 0 Å². The Hall–Kier alpha value is -1.16. The molecule has 0 heterocycles. The van der Waals surface area contributed by atoms with Gasteiger partial charge < -0.3 is 4.74 Å². The van der Waals surface area contributed by atoms with Crippen LogP contribution in [0.5, 0.6) is 5.75 Å². The summed E-state index contributed by atoms with van der Waals surface area (Å²) in [4.78, 5) is 23.0. The van der Waals surface area contributed by atoms with Crippen molar-refractivity contribution in [2.24, 2.45) is 5.92 Å². The van der Waals surface area contributed by atoms with Crippen molar-refractivity contribution in [2.45, 2.75) is 13.8 Å². The highest BCUT2D eigenvalue weighted by atomic mass is 79.9. The molecule has 0 saturated heterocycles. The fourth-order valence-corrected chi connectivity index (χ4v) is 1.39. The molecular weight excluding hydrogens is 272 g/mol. The minimum Gasteiger partial charge on any atom is -0.426 e. The van der Waals surface area contributed by atoms with E-state index in [2.05, 4.69) is 15.9 Å². The van der Waals surface area contributed by atoms with Crippen molar-refractivity contribution in [3.63, 3.8) is 0 Å². The average Bonchev–Trinajstić information content (AvgIpc) is 2.28. The van der Waals surface area contributed by atoms with Gasteiger partial charge in [0.15, 0.2) is 5.78 Å². The normalized spacial score (nSPS) is 10.2. The van der Waals surface area contributed by atoms with E-state index in [9.17, 15) is 9.59 Å². The number of carbonyl (C=O) groups excluding carboxylic acids is 2. The van der Waals surface area contributed by atoms with Gasteiger partial charge in [-0.1, -0.05) is 41.9 Å². The van der Waals surface area contributed by atoms with Crippen LogP contribution in [0.25, 0.3) is 0 Å². The molecule has 4 heteroatoms. The second kappa shape index (κ2) is 5.80. The summed E-state index contributed by atoms with van der Waals surface area (Å²) >= 11 is 3.09. The number of ketones is 1. The van der Waals surface area contributed by atoms with Gasteiger partial charge in [0.05, 0.1) is 16.8 Å². The Morgan fingerprint density at radius 3 is 2.50 bits per heavy atom. The van der Waals surface area contributed by atoms with Gasteiger partial charge in [-0.05, 0) is 12.1 Å². The zero-order valence-electron chi connectivity index (χ0n) is 9.20. The fraction of sp³-hybridized carbons (Fsp3) is 0.333. The number of ether oxygens (including phenoxy) is 1. The first kappa shape index (κ1) is 12.9. The van der Waals surface area contributed by atoms with Gasteiger partial charge in [0.1, 0.15) is 5.75 Å². The lowest BCUT2D eigenvalue weighted by Gasteiger charge is -2.09. The number of carbonyl (C=O) groups is 2. The van der Waals surface area contributed by atoms with Crippen molar-refractivity contribution in [2.75, 3.05) is 5.33 Å². The Balaban J connectivity index is 2.95. The van der Waals surface area contributed by atoms with Gasteiger partial charge in [-0.25, -0.2) is 0 Å². The van der Waals surface area contributed by atoms with Gasteiger partial charge in [-0.2, -0.15) is 0 Å². The molecule has 1 rings (SSSR count). The number of halogens is 1. The van der Waals surface area contributed by atoms with E-state index in [1.54, 1.807) is 38.1 Å². The van der Waals surface area contributed by atoms with E-state index in [-0.39, 0.29) is 23.0 Å². The molecule has 0 saturated carbocycles. The molecule has 0 N–H and O–H groups in total. The molecule has 0 atom stereocenters. The Morgan fingerprint density at radius 1 is 1.31 bits per heavy atom. The van der Waals surface area contributed by atoms with E-state index in [1.165, 1.54) is 0 Å². The molecule has 0 unspecified atom stereocenters. The van der Waals surface area contributed by atoms with E-state index >= 15 is 0 Å². The van der Waals surface area contributed by atoms with Gasteiger partial charge >= 0.3 is 5.97 Å². The van der Waals surface area contributed by atoms with E-state index < -0.39 is 0 Å². The third-order valence-electron chi connectivity index (χ3n) is 1.99. The largest absolute Gasteiger partial charge is 0.426 e. The Morgan fingerprint density at radius 2 is 1.94 bits per heavy atom. The number of esters is 1. The molecule has 1 aromatic carbocycles. The number of hydrogen-bond acceptors (Lipinski definition) is 3. The smallest absolute Gasteiger partial charge is 0.313 e. The highest BCUT2D eigenvalue weighted by Gasteiger charge is 2.15. The van der Waals surface area contributed by atoms with Crippen LogP contribution in [0.3, 0.4) is 0 Å². The summed E-state index contributed by atoms with van der Waals surface area (Å²) in [5.74, 6) is -0.334. The van der Waals surface area contributed by atoms with Crippen molar-refractivity contribution < 1.29 is 14.3 Å². The molecule has 0 spiro atoms. The zero-order chi connectivity index (χ0) is 12.1. The summed E-state index contributed by atoms with van der Waals surface area (Å²) in [6, 6.07) is 6.74. The minimum atomic E-state index is -0.338. The number of Topliss-reactive ketones (excluding diaryl/α,β-unsaturated/α-hetero) is 1. The number of alkyl halides is 1. The summed E-state index contributed by atoms with van der Waals surface area (Å²) in [6.45, 7) is 3.49. The highest BCUT2D eigenvalue weighted by Crippen LogP contribution is 2.20. The maximum Gasteiger partial charge on any atom is 0.313 e. The number of benzene rings is 1. The second-order valence-corrected chi connectivity index (χ2v) is 4.19. The van der Waals surface area contributed by atoms with Gasteiger partial charge in [-0.15, -0.1) is 0 Å². The van der Waals surface area contributed by atoms with Crippen molar-refractivity contribution in [3.05, 3.63) is 29.8 Å². The molecule has 86 valence electrons. The van der Waals surface area contributed by atoms with E-state index in [0.29, 0.717) is 11.3 Å². The molecule has 0 bridgehead atoms. The molecule has 0 fully saturated rings. The fourth-order valence-electron chi connectivity index (χ4n) is 1.08. The summed E-state index contributed by atoms with van der Waals surface area (Å²) in [5, 5.41) is 0.212. The van der Waals surface area contributed by atoms with Crippen LogP contribution in [0.2, 0.25) is 0 Å². The van der Waals surface area contributed by atoms with E-state index in [1.807, 2.05) is 0 Å². The van der Waals surface area contributed by atoms with Crippen LogP contribution < -0.4 is 4.74 Å². The topological polar surface area (TPSA) is 43.4 Å². The van der Waals surface area contributed by atoms with Crippen LogP contribution in [-0.2, 0) is 4.79 Å². The molecule has 0 aliphatic heterocycles. The predicted molar refractivity (Wildman–Crippen MR) is 65.0 cm³/mol. The van der Waals surface area contributed by atoms with Gasteiger partial charge in [0.25, 0.3) is 0 Å². The first-order valence-corrected chi connectivity index (χ1v) is 6.08. The zero-order valence-corrected chi connectivity index (χ0v) is 10.8. The third-order valence-corrected chi connectivity index (χ3v) is 2.50. The van der Waals surface area contributed by atoms with Gasteiger partial charge in [0, 0.05) is 0 Å². The van der Waals surface area contributed by atoms with Crippen molar-refractivity contribution in [3.8, 4) is 5.75 Å². The summed E-state index contributed by atoms with van der Waals surface area (Å²) in [6.07, 6.45) is 0. The van der Waals surface area contributed by atoms with E-state index in [4.69, 9.17) is 4.74 Å². The van der Waals surface area contributed by atoms with E-state index in [0.717, 1.165) is 0 Å². The first-order chi connectivity index (χ1) is 7.56. The summed E-state index contributed by atoms with van der Waals surface area (Å²) in [7, 11) is 0. The van der Waals surface area contributed by atoms with Crippen molar-refractivity contribution >= 4 is 27.7 Å². The molecule has 16 heavy (non-hydrogen) atoms. The Kier molecular flexibility index (Phi) is 4.68. The molecule has 3 nitrogen and oxygen atoms in total. The SMILES string of the molecule is CC(C)C(=O)Oc1ccccc1C(=O)CBr. The van der Waals surface area contributed by atoms with Gasteiger partial charge in [-0.3, -0.25) is 9.59 Å². The standard InChI is InChI=1S/C12H13BrO3/c1-8(2)12(15)16-11-6-4-3-5-9(11)10(14)7-13/h3-6,8H,7H2,1-2H3. The molecule has 0 aliphatic carbocycles. The summed E-state index contributed by atoms with van der Waals surface area (Å²) < 4.78 is 5.15. The molecule has 0 aromatic heterocycles. The van der Waals surface area contributed by atoms with Crippen molar-refractivity contribution in [1.29, 1.82) is 0 Å². The lowest BCUT2D eigenvalue weighted by atomic mass is 10.1. The third kappa shape index (κ3) is 3.17. The van der Waals surface area contributed by atoms with Crippen LogP contribution in [0.1, 0.15) is 24.2 Å². The first-order valence-electron chi connectivity index (χ1n) is 4.96. The molecule has 0 radical (unpaired) electrons. The molecular formula is C12H13BrO3. The monoisotopic (exact) mass is 284 g/mol. The average molecular weight is 285 g/mol. The summed E-state index contributed by atoms with van der Waals surface area (Å²) in [5.41, 5.74) is 0.424. The predicted octanol–water partition coefficient (Wildman–Crippen LogP) is 2.83. The Labute approximate surface area is 103 Å². The van der Waals surface area contributed by atoms with Crippen LogP contribution in [0.4, 0.5) is 0 Å². The lowest BCUT2D eigenvalue weighted by Crippen LogP contribution is -2.16. The highest BCUT2D eigenvalue weighted by molar-refractivity contribution is 9.09. The van der Waals surface area contributed by atoms with Crippen LogP contribution in [-0.4, -0.2) is 17.1 Å². The quantitative estimate of drug-likeness (QED) is 0.370. The van der Waals surface area contributed by atoms with Gasteiger partial charge in [0.2, 0.25) is 0 Å². The maximum absolute atomic E-state index is 11.5. The number of hydrogen-bond donors (Lipinski definition) is 0. The maximum atomic E-state index is 11.5. The molecule has 0 aliphatic rings. The molecule has 0 amide bonds. The second-order valence-electron chi connectivity index (χ2n) is 3.63. The van der Waals surface area contributed by atoms with Crippen LogP contribution >= 0.6 is 15.9 Å². The number of rotatable bonds is 4. The van der Waals surface area contributed by atoms with Crippen LogP contribution in [0, 0.1) is 5.92 Å². The molecule has 1 aromatic rings. The Bertz CT molecular complexity index is 399. The number of para-hydroxylation sites is 1. The van der Waals surface area contributed by atoms with Crippen LogP contribution in [0.15, 0.2) is 24.3 Å². The minimum absolute atomic E-state index is 0.104. The lowest BCUT2D eigenvalue weighted by molar-refractivity contribution is -0.137.